The van der Waals surface area contributed by atoms with Crippen LogP contribution in [-0.2, 0) is 17.8 Å². The van der Waals surface area contributed by atoms with Crippen molar-refractivity contribution >= 4 is 23.3 Å². The van der Waals surface area contributed by atoms with Crippen molar-refractivity contribution in [2.45, 2.75) is 109 Å². The third-order valence-corrected chi connectivity index (χ3v) is 11.6. The zero-order valence-electron chi connectivity index (χ0n) is 27.9. The van der Waals surface area contributed by atoms with Crippen LogP contribution in [-0.4, -0.2) is 82.5 Å². The number of fused-ring (bicyclic) bond motifs is 3. The summed E-state index contributed by atoms with van der Waals surface area (Å²) in [6.45, 7) is 10.6. The van der Waals surface area contributed by atoms with Crippen LogP contribution in [0.1, 0.15) is 92.3 Å². The number of nitrogens with one attached hydrogen (secondary N) is 1. The van der Waals surface area contributed by atoms with Crippen molar-refractivity contribution in [1.82, 2.24) is 15.1 Å². The van der Waals surface area contributed by atoms with Crippen LogP contribution in [0.25, 0.3) is 0 Å². The summed E-state index contributed by atoms with van der Waals surface area (Å²) >= 11 is 0. The Morgan fingerprint density at radius 3 is 2.20 bits per heavy atom. The van der Waals surface area contributed by atoms with Crippen molar-refractivity contribution in [3.63, 3.8) is 0 Å². The average Bonchev–Trinajstić information content (AvgIpc) is 3.52. The van der Waals surface area contributed by atoms with E-state index >= 15 is 0 Å². The maximum Gasteiger partial charge on any atom is 0.278 e. The van der Waals surface area contributed by atoms with Crippen molar-refractivity contribution in [2.24, 2.45) is 16.8 Å². The predicted octanol–water partition coefficient (Wildman–Crippen LogP) is 5.10. The number of piperazine rings is 1. The number of likely N-dealkylation sites (tertiary alicyclic amines) is 1. The maximum absolute atomic E-state index is 13.7. The minimum Gasteiger partial charge on any atom is -0.390 e. The summed E-state index contributed by atoms with van der Waals surface area (Å²) in [7, 11) is 0. The van der Waals surface area contributed by atoms with E-state index in [2.05, 4.69) is 38.2 Å². The first-order valence-corrected chi connectivity index (χ1v) is 17.7. The highest BCUT2D eigenvalue weighted by molar-refractivity contribution is 6.12. The lowest BCUT2D eigenvalue weighted by molar-refractivity contribution is -0.140. The molecule has 2 N–H and O–H groups in total. The van der Waals surface area contributed by atoms with Crippen molar-refractivity contribution < 1.29 is 14.7 Å². The van der Waals surface area contributed by atoms with E-state index in [-0.39, 0.29) is 17.9 Å². The number of hydrogen-bond acceptors (Lipinski definition) is 5. The summed E-state index contributed by atoms with van der Waals surface area (Å²) in [5.74, 6) is 1.44. The number of carbonyl (C=O) groups excluding carboxylic acids is 2. The van der Waals surface area contributed by atoms with Crippen LogP contribution >= 0.6 is 0 Å². The molecular formula is C38H51N5O3. The van der Waals surface area contributed by atoms with Gasteiger partial charge in [0.05, 0.1) is 5.60 Å². The van der Waals surface area contributed by atoms with Crippen LogP contribution < -0.4 is 10.2 Å². The molecule has 4 heterocycles. The van der Waals surface area contributed by atoms with Gasteiger partial charge in [-0.3, -0.25) is 14.5 Å². The normalized spacial score (nSPS) is 28.1. The molecule has 7 rings (SSSR count). The number of piperidine rings is 1. The summed E-state index contributed by atoms with van der Waals surface area (Å²) in [4.78, 5) is 39.0. The molecule has 3 saturated heterocycles. The van der Waals surface area contributed by atoms with E-state index in [0.29, 0.717) is 35.9 Å². The molecule has 0 aromatic heterocycles. The van der Waals surface area contributed by atoms with E-state index in [4.69, 9.17) is 4.99 Å². The van der Waals surface area contributed by atoms with Gasteiger partial charge in [-0.15, -0.1) is 0 Å². The topological polar surface area (TPSA) is 88.5 Å². The van der Waals surface area contributed by atoms with Gasteiger partial charge in [0.1, 0.15) is 5.84 Å². The van der Waals surface area contributed by atoms with Gasteiger partial charge in [0, 0.05) is 61.3 Å². The Morgan fingerprint density at radius 2 is 1.54 bits per heavy atom. The van der Waals surface area contributed by atoms with Crippen molar-refractivity contribution in [3.05, 3.63) is 64.7 Å². The molecule has 0 spiro atoms. The van der Waals surface area contributed by atoms with Gasteiger partial charge < -0.3 is 20.2 Å². The average molecular weight is 626 g/mol. The quantitative estimate of drug-likeness (QED) is 0.465. The molecule has 246 valence electrons. The van der Waals surface area contributed by atoms with Crippen molar-refractivity contribution in [2.75, 3.05) is 31.1 Å². The molecule has 8 nitrogen and oxygen atoms in total. The third-order valence-electron chi connectivity index (χ3n) is 11.6. The van der Waals surface area contributed by atoms with Crippen molar-refractivity contribution in [3.8, 4) is 0 Å². The van der Waals surface area contributed by atoms with E-state index in [0.717, 1.165) is 95.5 Å². The molecule has 8 heteroatoms. The molecular weight excluding hydrogens is 574 g/mol. The Labute approximate surface area is 274 Å². The molecule has 1 aliphatic carbocycles. The lowest BCUT2D eigenvalue weighted by Crippen LogP contribution is -2.56. The number of amides is 2. The number of aliphatic hydroxyl groups is 1. The molecule has 4 fully saturated rings. The molecule has 0 unspecified atom stereocenters. The molecule has 46 heavy (non-hydrogen) atoms. The number of carbonyl (C=O) groups is 2. The van der Waals surface area contributed by atoms with E-state index in [1.54, 1.807) is 0 Å². The van der Waals surface area contributed by atoms with E-state index in [1.807, 2.05) is 45.0 Å². The Balaban J connectivity index is 1.10. The van der Waals surface area contributed by atoms with Crippen LogP contribution in [0.5, 0.6) is 0 Å². The van der Waals surface area contributed by atoms with E-state index in [9.17, 15) is 14.7 Å². The largest absolute Gasteiger partial charge is 0.390 e. The van der Waals surface area contributed by atoms with E-state index < -0.39 is 5.60 Å². The summed E-state index contributed by atoms with van der Waals surface area (Å²) < 4.78 is 0. The zero-order valence-corrected chi connectivity index (χ0v) is 27.9. The second-order valence-corrected chi connectivity index (χ2v) is 15.2. The van der Waals surface area contributed by atoms with Crippen LogP contribution in [0.2, 0.25) is 0 Å². The predicted molar refractivity (Wildman–Crippen MR) is 182 cm³/mol. The number of aliphatic imine (C=N–C) groups is 1. The van der Waals surface area contributed by atoms with Gasteiger partial charge in [0.2, 0.25) is 5.91 Å². The Morgan fingerprint density at radius 1 is 0.891 bits per heavy atom. The molecule has 2 bridgehead atoms. The number of anilines is 1. The second kappa shape index (κ2) is 12.9. The second-order valence-electron chi connectivity index (χ2n) is 15.2. The van der Waals surface area contributed by atoms with Crippen LogP contribution in [0.4, 0.5) is 5.69 Å². The number of amidine groups is 1. The van der Waals surface area contributed by atoms with Crippen LogP contribution in [0.3, 0.4) is 0 Å². The van der Waals surface area contributed by atoms with Gasteiger partial charge in [-0.1, -0.05) is 29.8 Å². The molecule has 1 saturated carbocycles. The summed E-state index contributed by atoms with van der Waals surface area (Å²) in [5.41, 5.74) is 4.78. The molecule has 2 amide bonds. The molecule has 5 aliphatic rings. The fourth-order valence-corrected chi connectivity index (χ4v) is 8.84. The SMILES string of the molecule is Cc1ccc(C(=O)N=C2Cc3ccc(CN4CCC(C(C)(C)O)CC4)cc3N2C2CCC(C(=O)N3[C@@H]4CC[C@H]3CNC4)CC2)cc1. The third kappa shape index (κ3) is 6.41. The monoisotopic (exact) mass is 625 g/mol. The summed E-state index contributed by atoms with van der Waals surface area (Å²) in [6.07, 6.45) is 8.52. The van der Waals surface area contributed by atoms with Gasteiger partial charge >= 0.3 is 0 Å². The first-order valence-electron chi connectivity index (χ1n) is 17.7. The minimum atomic E-state index is -0.625. The smallest absolute Gasteiger partial charge is 0.278 e. The first kappa shape index (κ1) is 31.5. The summed E-state index contributed by atoms with van der Waals surface area (Å²) in [6, 6.07) is 15.4. The molecule has 2 aromatic carbocycles. The lowest BCUT2D eigenvalue weighted by atomic mass is 9.83. The number of hydrogen-bond donors (Lipinski definition) is 2. The highest BCUT2D eigenvalue weighted by Gasteiger charge is 2.43. The van der Waals surface area contributed by atoms with Crippen molar-refractivity contribution in [1.29, 1.82) is 0 Å². The van der Waals surface area contributed by atoms with Crippen LogP contribution in [0, 0.1) is 18.8 Å². The van der Waals surface area contributed by atoms with Gasteiger partial charge in [0.15, 0.2) is 0 Å². The molecule has 2 aromatic rings. The number of aryl methyl sites for hydroxylation is 1. The first-order chi connectivity index (χ1) is 22.1. The van der Waals surface area contributed by atoms with Crippen LogP contribution in [0.15, 0.2) is 47.5 Å². The number of benzene rings is 2. The molecule has 4 aliphatic heterocycles. The van der Waals surface area contributed by atoms with Gasteiger partial charge in [0.25, 0.3) is 5.91 Å². The minimum absolute atomic E-state index is 0.0901. The fourth-order valence-electron chi connectivity index (χ4n) is 8.84. The summed E-state index contributed by atoms with van der Waals surface area (Å²) in [5, 5.41) is 14.0. The zero-order chi connectivity index (χ0) is 32.0. The lowest BCUT2D eigenvalue weighted by Gasteiger charge is -2.41. The number of rotatable bonds is 6. The number of nitrogens with zero attached hydrogens (tertiary/aromatic N) is 4. The molecule has 2 atom stereocenters. The fraction of sp³-hybridized carbons (Fsp3) is 0.605. The van der Waals surface area contributed by atoms with Gasteiger partial charge in [-0.2, -0.15) is 4.99 Å². The van der Waals surface area contributed by atoms with E-state index in [1.165, 1.54) is 16.8 Å². The highest BCUT2D eigenvalue weighted by atomic mass is 16.3. The van der Waals surface area contributed by atoms with Gasteiger partial charge in [-0.25, -0.2) is 0 Å². The standard InChI is InChI=1S/C38H51N5O3/c1-25-4-7-27(8-5-25)36(44)40-35-21-29-9-6-26(24-41-18-16-30(17-19-41)38(2,3)46)20-34(29)43(35)31-12-10-28(11-13-31)37(45)42-32-14-15-33(42)23-39-22-32/h4-9,20,28,30-33,39,46H,10-19,21-24H2,1-3H3/t28?,31?,32-,33+. The Kier molecular flexibility index (Phi) is 8.81. The molecule has 0 radical (unpaired) electrons. The Hall–Kier alpha value is -3.07. The van der Waals surface area contributed by atoms with Gasteiger partial charge in [-0.05, 0) is 120 Å². The highest BCUT2D eigenvalue weighted by Crippen LogP contribution is 2.40. The Bertz CT molecular complexity index is 1450. The maximum atomic E-state index is 13.7.